The van der Waals surface area contributed by atoms with E-state index in [-0.39, 0.29) is 5.97 Å². The summed E-state index contributed by atoms with van der Waals surface area (Å²) in [5.41, 5.74) is -0.0546. The molecule has 4 nitrogen and oxygen atoms in total. The van der Waals surface area contributed by atoms with Crippen LogP contribution in [0.25, 0.3) is 0 Å². The number of hydrogen-bond donors (Lipinski definition) is 1. The van der Waals surface area contributed by atoms with Crippen molar-refractivity contribution in [1.29, 1.82) is 0 Å². The summed E-state index contributed by atoms with van der Waals surface area (Å²) >= 11 is 1.04. The minimum absolute atomic E-state index is 0.372. The zero-order chi connectivity index (χ0) is 11.5. The quantitative estimate of drug-likeness (QED) is 0.617. The van der Waals surface area contributed by atoms with Crippen molar-refractivity contribution >= 4 is 17.9 Å². The van der Waals surface area contributed by atoms with Gasteiger partial charge in [-0.15, -0.1) is 0 Å². The zero-order valence-corrected chi connectivity index (χ0v) is 9.80. The second-order valence-corrected chi connectivity index (χ2v) is 4.66. The van der Waals surface area contributed by atoms with Crippen molar-refractivity contribution in [3.8, 4) is 0 Å². The van der Waals surface area contributed by atoms with E-state index in [9.17, 15) is 4.79 Å². The monoisotopic (exact) mass is 226 g/mol. The van der Waals surface area contributed by atoms with Crippen LogP contribution in [0.1, 0.15) is 31.1 Å². The largest absolute Gasteiger partial charge is 0.456 e. The Hall–Kier alpha value is -1.07. The summed E-state index contributed by atoms with van der Waals surface area (Å²) < 4.78 is 5.18. The van der Waals surface area contributed by atoms with Gasteiger partial charge in [-0.05, 0) is 44.9 Å². The Kier molecular flexibility index (Phi) is 3.71. The van der Waals surface area contributed by atoms with E-state index in [1.54, 1.807) is 12.1 Å². The maximum absolute atomic E-state index is 11.6. The fraction of sp³-hybridized carbons (Fsp3) is 0.400. The highest BCUT2D eigenvalue weighted by atomic mass is 32.2. The standard InChI is InChI=1S/C10H14N2O2S/c1-10(2,3)14-9(13)7-4-5-8(15-11)12-6-7/h4-6H,11H2,1-3H3. The van der Waals surface area contributed by atoms with Gasteiger partial charge in [-0.2, -0.15) is 0 Å². The van der Waals surface area contributed by atoms with Crippen molar-refractivity contribution in [2.45, 2.75) is 31.4 Å². The lowest BCUT2D eigenvalue weighted by atomic mass is 10.2. The third kappa shape index (κ3) is 3.89. The van der Waals surface area contributed by atoms with Gasteiger partial charge >= 0.3 is 5.97 Å². The lowest BCUT2D eigenvalue weighted by molar-refractivity contribution is 0.00690. The molecule has 0 amide bonds. The van der Waals surface area contributed by atoms with Crippen molar-refractivity contribution in [3.63, 3.8) is 0 Å². The molecular weight excluding hydrogens is 212 g/mol. The van der Waals surface area contributed by atoms with Gasteiger partial charge in [0.2, 0.25) is 0 Å². The van der Waals surface area contributed by atoms with E-state index in [2.05, 4.69) is 4.98 Å². The molecule has 1 aromatic rings. The topological polar surface area (TPSA) is 65.2 Å². The van der Waals surface area contributed by atoms with Gasteiger partial charge in [0.05, 0.1) is 5.56 Å². The summed E-state index contributed by atoms with van der Waals surface area (Å²) in [6.45, 7) is 5.47. The summed E-state index contributed by atoms with van der Waals surface area (Å²) in [5.74, 6) is -0.372. The number of nitrogens with two attached hydrogens (primary N) is 1. The van der Waals surface area contributed by atoms with Crippen molar-refractivity contribution in [2.75, 3.05) is 0 Å². The second kappa shape index (κ2) is 4.63. The van der Waals surface area contributed by atoms with Crippen molar-refractivity contribution in [1.82, 2.24) is 4.98 Å². The molecule has 0 bridgehead atoms. The molecule has 0 spiro atoms. The number of carbonyl (C=O) groups excluding carboxylic acids is 1. The van der Waals surface area contributed by atoms with E-state index >= 15 is 0 Å². The van der Waals surface area contributed by atoms with E-state index in [0.717, 1.165) is 11.9 Å². The van der Waals surface area contributed by atoms with Gasteiger partial charge in [0.15, 0.2) is 0 Å². The number of ether oxygens (including phenoxy) is 1. The Morgan fingerprint density at radius 1 is 1.47 bits per heavy atom. The zero-order valence-electron chi connectivity index (χ0n) is 8.98. The lowest BCUT2D eigenvalue weighted by Gasteiger charge is -2.19. The fourth-order valence-electron chi connectivity index (χ4n) is 0.908. The number of hydrogen-bond acceptors (Lipinski definition) is 5. The van der Waals surface area contributed by atoms with Crippen LogP contribution in [-0.2, 0) is 4.74 Å². The van der Waals surface area contributed by atoms with Crippen LogP contribution in [0.4, 0.5) is 0 Å². The number of nitrogens with zero attached hydrogens (tertiary/aromatic N) is 1. The Labute approximate surface area is 93.3 Å². The molecule has 82 valence electrons. The molecule has 15 heavy (non-hydrogen) atoms. The average Bonchev–Trinajstić information content (AvgIpc) is 2.15. The Balaban J connectivity index is 2.75. The van der Waals surface area contributed by atoms with Gasteiger partial charge in [-0.1, -0.05) is 0 Å². The number of esters is 1. The first-order valence-electron chi connectivity index (χ1n) is 4.48. The van der Waals surface area contributed by atoms with Gasteiger partial charge in [0.1, 0.15) is 10.6 Å². The highest BCUT2D eigenvalue weighted by Crippen LogP contribution is 2.13. The predicted molar refractivity (Wildman–Crippen MR) is 59.4 cm³/mol. The second-order valence-electron chi connectivity index (χ2n) is 4.00. The molecule has 0 unspecified atom stereocenters. The number of aromatic nitrogens is 1. The van der Waals surface area contributed by atoms with E-state index in [0.29, 0.717) is 10.6 Å². The van der Waals surface area contributed by atoms with Crippen molar-refractivity contribution in [3.05, 3.63) is 23.9 Å². The summed E-state index contributed by atoms with van der Waals surface area (Å²) in [5, 5.41) is 5.98. The molecule has 0 atom stereocenters. The molecular formula is C10H14N2O2S. The van der Waals surface area contributed by atoms with Crippen LogP contribution >= 0.6 is 11.9 Å². The van der Waals surface area contributed by atoms with E-state index in [4.69, 9.17) is 9.88 Å². The normalized spacial score (nSPS) is 11.2. The molecule has 2 N–H and O–H groups in total. The van der Waals surface area contributed by atoms with Crippen LogP contribution in [0.15, 0.2) is 23.4 Å². The fourth-order valence-corrected chi connectivity index (χ4v) is 1.17. The Morgan fingerprint density at radius 2 is 2.13 bits per heavy atom. The van der Waals surface area contributed by atoms with E-state index in [1.807, 2.05) is 20.8 Å². The summed E-state index contributed by atoms with van der Waals surface area (Å²) in [4.78, 5) is 15.5. The third-order valence-electron chi connectivity index (χ3n) is 1.49. The van der Waals surface area contributed by atoms with Crippen molar-refractivity contribution < 1.29 is 9.53 Å². The Bertz CT molecular complexity index is 343. The highest BCUT2D eigenvalue weighted by molar-refractivity contribution is 7.97. The smallest absolute Gasteiger partial charge is 0.340 e. The minimum atomic E-state index is -0.488. The first-order valence-corrected chi connectivity index (χ1v) is 5.36. The SMILES string of the molecule is CC(C)(C)OC(=O)c1ccc(SN)nc1. The predicted octanol–water partition coefficient (Wildman–Crippen LogP) is 2.00. The van der Waals surface area contributed by atoms with Crippen LogP contribution in [0, 0.1) is 0 Å². The van der Waals surface area contributed by atoms with Crippen molar-refractivity contribution in [2.24, 2.45) is 5.14 Å². The molecule has 0 radical (unpaired) electrons. The maximum Gasteiger partial charge on any atom is 0.340 e. The first kappa shape index (κ1) is 12.0. The van der Waals surface area contributed by atoms with Crippen LogP contribution in [0.5, 0.6) is 0 Å². The van der Waals surface area contributed by atoms with E-state index < -0.39 is 5.60 Å². The van der Waals surface area contributed by atoms with Crippen LogP contribution in [0.2, 0.25) is 0 Å². The summed E-state index contributed by atoms with van der Waals surface area (Å²) in [7, 11) is 0. The molecule has 0 aliphatic rings. The average molecular weight is 226 g/mol. The van der Waals surface area contributed by atoms with Crippen LogP contribution in [0.3, 0.4) is 0 Å². The molecule has 1 aromatic heterocycles. The van der Waals surface area contributed by atoms with Gasteiger partial charge < -0.3 is 4.74 Å². The van der Waals surface area contributed by atoms with Gasteiger partial charge in [0.25, 0.3) is 0 Å². The molecule has 0 aliphatic heterocycles. The van der Waals surface area contributed by atoms with Crippen LogP contribution < -0.4 is 5.14 Å². The summed E-state index contributed by atoms with van der Waals surface area (Å²) in [6.07, 6.45) is 1.46. The maximum atomic E-state index is 11.6. The van der Waals surface area contributed by atoms with E-state index in [1.165, 1.54) is 6.20 Å². The molecule has 0 saturated carbocycles. The number of pyridine rings is 1. The molecule has 1 heterocycles. The lowest BCUT2D eigenvalue weighted by Crippen LogP contribution is -2.23. The first-order chi connectivity index (χ1) is 6.92. The molecule has 0 fully saturated rings. The Morgan fingerprint density at radius 3 is 2.53 bits per heavy atom. The summed E-state index contributed by atoms with van der Waals surface area (Å²) in [6, 6.07) is 3.33. The van der Waals surface area contributed by atoms with Gasteiger partial charge in [-0.25, -0.2) is 9.78 Å². The molecule has 1 rings (SSSR count). The number of carbonyl (C=O) groups is 1. The highest BCUT2D eigenvalue weighted by Gasteiger charge is 2.17. The third-order valence-corrected chi connectivity index (χ3v) is 1.97. The molecule has 5 heteroatoms. The van der Waals surface area contributed by atoms with Crippen LogP contribution in [-0.4, -0.2) is 16.6 Å². The van der Waals surface area contributed by atoms with Gasteiger partial charge in [0, 0.05) is 6.20 Å². The molecule has 0 saturated heterocycles. The molecule has 0 aromatic carbocycles. The molecule has 0 aliphatic carbocycles. The number of rotatable bonds is 2. The van der Waals surface area contributed by atoms with Gasteiger partial charge in [-0.3, -0.25) is 5.14 Å². The minimum Gasteiger partial charge on any atom is -0.456 e.